The van der Waals surface area contributed by atoms with Crippen molar-refractivity contribution in [3.63, 3.8) is 0 Å². The van der Waals surface area contributed by atoms with Gasteiger partial charge in [0.05, 0.1) is 12.7 Å². The Labute approximate surface area is 72.1 Å². The summed E-state index contributed by atoms with van der Waals surface area (Å²) < 4.78 is 17.1. The SMILES string of the molecule is CN(CC(O)CF)C1CCOC1. The molecule has 2 unspecified atom stereocenters. The van der Waals surface area contributed by atoms with Crippen LogP contribution in [0.4, 0.5) is 4.39 Å². The fourth-order valence-corrected chi connectivity index (χ4v) is 1.40. The fraction of sp³-hybridized carbons (Fsp3) is 1.00. The van der Waals surface area contributed by atoms with Crippen molar-refractivity contribution in [2.45, 2.75) is 18.6 Å². The van der Waals surface area contributed by atoms with E-state index in [0.29, 0.717) is 19.2 Å². The van der Waals surface area contributed by atoms with Crippen molar-refractivity contribution in [3.05, 3.63) is 0 Å². The Morgan fingerprint density at radius 2 is 2.50 bits per heavy atom. The summed E-state index contributed by atoms with van der Waals surface area (Å²) in [7, 11) is 1.89. The molecule has 3 nitrogen and oxygen atoms in total. The molecule has 0 aliphatic carbocycles. The number of alkyl halides is 1. The average Bonchev–Trinajstić information content (AvgIpc) is 2.56. The molecular formula is C8H16FNO2. The van der Waals surface area contributed by atoms with Gasteiger partial charge in [0.2, 0.25) is 0 Å². The van der Waals surface area contributed by atoms with Gasteiger partial charge in [-0.25, -0.2) is 4.39 Å². The van der Waals surface area contributed by atoms with Crippen LogP contribution in [0.5, 0.6) is 0 Å². The van der Waals surface area contributed by atoms with Crippen molar-refractivity contribution in [2.24, 2.45) is 0 Å². The third kappa shape index (κ3) is 2.69. The Morgan fingerprint density at radius 1 is 1.75 bits per heavy atom. The minimum atomic E-state index is -0.851. The normalized spacial score (nSPS) is 26.5. The van der Waals surface area contributed by atoms with Gasteiger partial charge in [-0.1, -0.05) is 0 Å². The van der Waals surface area contributed by atoms with E-state index in [9.17, 15) is 4.39 Å². The molecule has 1 aliphatic heterocycles. The van der Waals surface area contributed by atoms with Crippen LogP contribution >= 0.6 is 0 Å². The molecule has 4 heteroatoms. The molecule has 1 rings (SSSR count). The standard InChI is InChI=1S/C8H16FNO2/c1-10(5-8(11)4-9)7-2-3-12-6-7/h7-8,11H,2-6H2,1H3. The van der Waals surface area contributed by atoms with Gasteiger partial charge in [0.15, 0.2) is 0 Å². The molecule has 0 aromatic rings. The summed E-state index contributed by atoms with van der Waals surface area (Å²) in [5.74, 6) is 0. The van der Waals surface area contributed by atoms with Crippen LogP contribution in [0.2, 0.25) is 0 Å². The second-order valence-corrected chi connectivity index (χ2v) is 3.27. The number of ether oxygens (including phenoxy) is 1. The Bertz CT molecular complexity index is 128. The molecular weight excluding hydrogens is 161 g/mol. The van der Waals surface area contributed by atoms with Crippen molar-refractivity contribution >= 4 is 0 Å². The third-order valence-electron chi connectivity index (χ3n) is 2.21. The summed E-state index contributed by atoms with van der Waals surface area (Å²) in [4.78, 5) is 1.96. The van der Waals surface area contributed by atoms with Gasteiger partial charge in [-0.05, 0) is 13.5 Å². The first-order chi connectivity index (χ1) is 5.74. The van der Waals surface area contributed by atoms with Gasteiger partial charge in [-0.15, -0.1) is 0 Å². The monoisotopic (exact) mass is 177 g/mol. The lowest BCUT2D eigenvalue weighted by Gasteiger charge is -2.24. The van der Waals surface area contributed by atoms with E-state index < -0.39 is 12.8 Å². The van der Waals surface area contributed by atoms with Crippen molar-refractivity contribution in [3.8, 4) is 0 Å². The number of aliphatic hydroxyl groups is 1. The number of hydrogen-bond donors (Lipinski definition) is 1. The number of aliphatic hydroxyl groups excluding tert-OH is 1. The van der Waals surface area contributed by atoms with Gasteiger partial charge >= 0.3 is 0 Å². The Balaban J connectivity index is 2.21. The minimum absolute atomic E-state index is 0.353. The van der Waals surface area contributed by atoms with E-state index in [0.717, 1.165) is 13.0 Å². The lowest BCUT2D eigenvalue weighted by atomic mass is 10.2. The summed E-state index contributed by atoms with van der Waals surface area (Å²) >= 11 is 0. The Kier molecular flexibility index (Phi) is 3.91. The number of rotatable bonds is 4. The molecule has 12 heavy (non-hydrogen) atoms. The van der Waals surface area contributed by atoms with Crippen LogP contribution < -0.4 is 0 Å². The van der Waals surface area contributed by atoms with E-state index in [1.807, 2.05) is 11.9 Å². The molecule has 0 aromatic heterocycles. The highest BCUT2D eigenvalue weighted by molar-refractivity contribution is 4.74. The van der Waals surface area contributed by atoms with Crippen molar-refractivity contribution in [1.29, 1.82) is 0 Å². The summed E-state index contributed by atoms with van der Waals surface area (Å²) in [5.41, 5.74) is 0. The summed E-state index contributed by atoms with van der Waals surface area (Å²) in [5, 5.41) is 9.03. The van der Waals surface area contributed by atoms with Crippen LogP contribution in [-0.2, 0) is 4.74 Å². The summed E-state index contributed by atoms with van der Waals surface area (Å²) in [6.07, 6.45) is 0.130. The highest BCUT2D eigenvalue weighted by atomic mass is 19.1. The highest BCUT2D eigenvalue weighted by Gasteiger charge is 2.21. The molecule has 0 bridgehead atoms. The first-order valence-corrected chi connectivity index (χ1v) is 4.26. The van der Waals surface area contributed by atoms with Gasteiger partial charge in [-0.3, -0.25) is 4.90 Å². The van der Waals surface area contributed by atoms with Crippen LogP contribution in [-0.4, -0.2) is 55.6 Å². The van der Waals surface area contributed by atoms with Crippen LogP contribution in [0.15, 0.2) is 0 Å². The maximum absolute atomic E-state index is 11.9. The van der Waals surface area contributed by atoms with Gasteiger partial charge in [-0.2, -0.15) is 0 Å². The minimum Gasteiger partial charge on any atom is -0.389 e. The molecule has 1 fully saturated rings. The van der Waals surface area contributed by atoms with Gasteiger partial charge < -0.3 is 9.84 Å². The average molecular weight is 177 g/mol. The maximum atomic E-state index is 11.9. The number of likely N-dealkylation sites (N-methyl/N-ethyl adjacent to an activating group) is 1. The van der Waals surface area contributed by atoms with Crippen LogP contribution in [0.3, 0.4) is 0 Å². The van der Waals surface area contributed by atoms with Crippen molar-refractivity contribution in [2.75, 3.05) is 33.5 Å². The van der Waals surface area contributed by atoms with Crippen molar-refractivity contribution in [1.82, 2.24) is 4.90 Å². The van der Waals surface area contributed by atoms with E-state index in [2.05, 4.69) is 0 Å². The maximum Gasteiger partial charge on any atom is 0.117 e. The topological polar surface area (TPSA) is 32.7 Å². The lowest BCUT2D eigenvalue weighted by molar-refractivity contribution is 0.0775. The molecule has 2 atom stereocenters. The van der Waals surface area contributed by atoms with E-state index in [1.165, 1.54) is 0 Å². The molecule has 72 valence electrons. The highest BCUT2D eigenvalue weighted by Crippen LogP contribution is 2.10. The zero-order valence-electron chi connectivity index (χ0n) is 7.37. The molecule has 0 amide bonds. The van der Waals surface area contributed by atoms with Crippen LogP contribution in [0.1, 0.15) is 6.42 Å². The zero-order chi connectivity index (χ0) is 8.97. The molecule has 1 saturated heterocycles. The van der Waals surface area contributed by atoms with E-state index in [-0.39, 0.29) is 0 Å². The molecule has 0 radical (unpaired) electrons. The van der Waals surface area contributed by atoms with Crippen molar-refractivity contribution < 1.29 is 14.2 Å². The van der Waals surface area contributed by atoms with Crippen LogP contribution in [0.25, 0.3) is 0 Å². The zero-order valence-corrected chi connectivity index (χ0v) is 7.37. The van der Waals surface area contributed by atoms with E-state index >= 15 is 0 Å². The second-order valence-electron chi connectivity index (χ2n) is 3.27. The lowest BCUT2D eigenvalue weighted by Crippen LogP contribution is -2.38. The molecule has 0 saturated carbocycles. The van der Waals surface area contributed by atoms with E-state index in [1.54, 1.807) is 0 Å². The predicted molar refractivity (Wildman–Crippen MR) is 43.8 cm³/mol. The largest absolute Gasteiger partial charge is 0.389 e. The second kappa shape index (κ2) is 4.74. The molecule has 1 aliphatic rings. The molecule has 1 heterocycles. The van der Waals surface area contributed by atoms with Gasteiger partial charge in [0, 0.05) is 19.2 Å². The Hall–Kier alpha value is -0.190. The number of nitrogens with zero attached hydrogens (tertiary/aromatic N) is 1. The predicted octanol–water partition coefficient (Wildman–Crippen LogP) is 0.0375. The Morgan fingerprint density at radius 3 is 3.00 bits per heavy atom. The fourth-order valence-electron chi connectivity index (χ4n) is 1.40. The summed E-state index contributed by atoms with van der Waals surface area (Å²) in [6.45, 7) is 1.21. The van der Waals surface area contributed by atoms with Gasteiger partial charge in [0.1, 0.15) is 6.67 Å². The van der Waals surface area contributed by atoms with Crippen LogP contribution in [0, 0.1) is 0 Å². The summed E-state index contributed by atoms with van der Waals surface area (Å²) in [6, 6.07) is 0.353. The third-order valence-corrected chi connectivity index (χ3v) is 2.21. The quantitative estimate of drug-likeness (QED) is 0.658. The first-order valence-electron chi connectivity index (χ1n) is 4.26. The van der Waals surface area contributed by atoms with Gasteiger partial charge in [0.25, 0.3) is 0 Å². The molecule has 0 aromatic carbocycles. The number of halogens is 1. The molecule has 1 N–H and O–H groups in total. The smallest absolute Gasteiger partial charge is 0.117 e. The number of hydrogen-bond acceptors (Lipinski definition) is 3. The first kappa shape index (κ1) is 9.89. The molecule has 0 spiro atoms. The van der Waals surface area contributed by atoms with E-state index in [4.69, 9.17) is 9.84 Å².